The Morgan fingerprint density at radius 3 is 2.59 bits per heavy atom. The normalized spacial score (nSPS) is 13.2. The van der Waals surface area contributed by atoms with Crippen LogP contribution < -0.4 is 0 Å². The second-order valence-electron chi connectivity index (χ2n) is 5.94. The molecule has 3 nitrogen and oxygen atoms in total. The molecule has 122 valence electrons. The lowest BCUT2D eigenvalue weighted by Gasteiger charge is -2.19. The topological polar surface area (TPSA) is 21.1 Å². The molecule has 0 N–H and O–H groups in total. The fraction of sp³-hybridized carbons (Fsp3) is 0.611. The molecular formula is C18H28ClN3. The van der Waals surface area contributed by atoms with E-state index in [2.05, 4.69) is 43.2 Å². The van der Waals surface area contributed by atoms with E-state index in [-0.39, 0.29) is 0 Å². The van der Waals surface area contributed by atoms with Crippen LogP contribution in [0.1, 0.15) is 52.3 Å². The Balaban J connectivity index is 2.25. The second kappa shape index (κ2) is 7.98. The van der Waals surface area contributed by atoms with Crippen LogP contribution in [0, 0.1) is 0 Å². The van der Waals surface area contributed by atoms with Crippen molar-refractivity contribution in [2.45, 2.75) is 53.0 Å². The van der Waals surface area contributed by atoms with Crippen molar-refractivity contribution in [2.24, 2.45) is 0 Å². The summed E-state index contributed by atoms with van der Waals surface area (Å²) in [6.45, 7) is 13.3. The number of aryl methyl sites for hydroxylation is 1. The van der Waals surface area contributed by atoms with Gasteiger partial charge in [0.05, 0.1) is 11.0 Å². The number of imidazole rings is 1. The number of halogens is 1. The largest absolute Gasteiger partial charge is 0.328 e. The van der Waals surface area contributed by atoms with Gasteiger partial charge in [-0.15, -0.1) is 0 Å². The highest BCUT2D eigenvalue weighted by molar-refractivity contribution is 6.31. The van der Waals surface area contributed by atoms with Crippen molar-refractivity contribution >= 4 is 22.6 Å². The molecule has 2 aromatic rings. The Bertz CT molecular complexity index is 602. The number of nitrogens with zero attached hydrogens (tertiary/aromatic N) is 3. The molecule has 1 aromatic heterocycles. The van der Waals surface area contributed by atoms with Gasteiger partial charge in [0.25, 0.3) is 0 Å². The van der Waals surface area contributed by atoms with Crippen molar-refractivity contribution in [3.8, 4) is 0 Å². The van der Waals surface area contributed by atoms with Gasteiger partial charge in [0, 0.05) is 17.5 Å². The molecule has 1 atom stereocenters. The third-order valence-electron chi connectivity index (χ3n) is 4.54. The van der Waals surface area contributed by atoms with Gasteiger partial charge >= 0.3 is 0 Å². The van der Waals surface area contributed by atoms with Crippen molar-refractivity contribution in [1.29, 1.82) is 0 Å². The first-order chi connectivity index (χ1) is 10.6. The molecule has 0 spiro atoms. The van der Waals surface area contributed by atoms with Gasteiger partial charge in [0.1, 0.15) is 5.82 Å². The maximum absolute atomic E-state index is 6.12. The highest BCUT2D eigenvalue weighted by Gasteiger charge is 2.15. The Morgan fingerprint density at radius 2 is 1.95 bits per heavy atom. The lowest BCUT2D eigenvalue weighted by molar-refractivity contribution is 0.293. The average Bonchev–Trinajstić information content (AvgIpc) is 2.88. The van der Waals surface area contributed by atoms with Crippen molar-refractivity contribution in [3.05, 3.63) is 29.0 Å². The van der Waals surface area contributed by atoms with Gasteiger partial charge in [-0.1, -0.05) is 39.3 Å². The second-order valence-corrected chi connectivity index (χ2v) is 6.38. The molecule has 0 saturated heterocycles. The molecule has 0 aliphatic carbocycles. The fourth-order valence-electron chi connectivity index (χ4n) is 2.91. The first-order valence-electron chi connectivity index (χ1n) is 8.48. The van der Waals surface area contributed by atoms with E-state index in [1.54, 1.807) is 0 Å². The first-order valence-corrected chi connectivity index (χ1v) is 8.86. The summed E-state index contributed by atoms with van der Waals surface area (Å²) in [5, 5.41) is 0.760. The summed E-state index contributed by atoms with van der Waals surface area (Å²) in [7, 11) is 0. The smallest absolute Gasteiger partial charge is 0.112 e. The molecule has 1 aromatic carbocycles. The van der Waals surface area contributed by atoms with Gasteiger partial charge in [-0.2, -0.15) is 0 Å². The number of aromatic nitrogens is 2. The van der Waals surface area contributed by atoms with Crippen LogP contribution in [-0.4, -0.2) is 34.1 Å². The number of rotatable bonds is 8. The SMILES string of the molecule is CCC(C)c1nc2cc(Cl)ccc2n1CCCN(CC)CC. The van der Waals surface area contributed by atoms with E-state index in [0.29, 0.717) is 5.92 Å². The van der Waals surface area contributed by atoms with E-state index in [1.165, 1.54) is 11.3 Å². The van der Waals surface area contributed by atoms with E-state index in [0.717, 1.165) is 49.6 Å². The van der Waals surface area contributed by atoms with Crippen LogP contribution in [0.4, 0.5) is 0 Å². The first kappa shape index (κ1) is 17.3. The van der Waals surface area contributed by atoms with Crippen LogP contribution >= 0.6 is 11.6 Å². The van der Waals surface area contributed by atoms with E-state index >= 15 is 0 Å². The zero-order valence-electron chi connectivity index (χ0n) is 14.3. The summed E-state index contributed by atoms with van der Waals surface area (Å²) in [5.74, 6) is 1.67. The molecule has 0 fully saturated rings. The van der Waals surface area contributed by atoms with Crippen molar-refractivity contribution in [1.82, 2.24) is 14.5 Å². The van der Waals surface area contributed by atoms with Gasteiger partial charge in [-0.05, 0) is 50.7 Å². The molecule has 0 aliphatic heterocycles. The zero-order valence-corrected chi connectivity index (χ0v) is 15.0. The molecule has 0 radical (unpaired) electrons. The van der Waals surface area contributed by atoms with Crippen LogP contribution in [0.15, 0.2) is 18.2 Å². The summed E-state index contributed by atoms with van der Waals surface area (Å²) < 4.78 is 2.39. The minimum absolute atomic E-state index is 0.472. The lowest BCUT2D eigenvalue weighted by Crippen LogP contribution is -2.25. The van der Waals surface area contributed by atoms with Crippen molar-refractivity contribution < 1.29 is 0 Å². The third-order valence-corrected chi connectivity index (χ3v) is 4.78. The van der Waals surface area contributed by atoms with E-state index in [1.807, 2.05) is 12.1 Å². The van der Waals surface area contributed by atoms with Crippen LogP contribution in [0.3, 0.4) is 0 Å². The maximum atomic E-state index is 6.12. The van der Waals surface area contributed by atoms with Gasteiger partial charge in [-0.3, -0.25) is 0 Å². The molecule has 2 rings (SSSR count). The molecule has 4 heteroatoms. The summed E-state index contributed by atoms with van der Waals surface area (Å²) in [5.41, 5.74) is 2.23. The molecule has 1 unspecified atom stereocenters. The monoisotopic (exact) mass is 321 g/mol. The van der Waals surface area contributed by atoms with Crippen LogP contribution in [0.2, 0.25) is 5.02 Å². The van der Waals surface area contributed by atoms with E-state index in [9.17, 15) is 0 Å². The quantitative estimate of drug-likeness (QED) is 0.687. The van der Waals surface area contributed by atoms with Gasteiger partial charge in [-0.25, -0.2) is 4.98 Å². The van der Waals surface area contributed by atoms with Crippen LogP contribution in [0.5, 0.6) is 0 Å². The van der Waals surface area contributed by atoms with Gasteiger partial charge < -0.3 is 9.47 Å². The fourth-order valence-corrected chi connectivity index (χ4v) is 3.07. The Morgan fingerprint density at radius 1 is 1.23 bits per heavy atom. The highest BCUT2D eigenvalue weighted by atomic mass is 35.5. The highest BCUT2D eigenvalue weighted by Crippen LogP contribution is 2.26. The number of hydrogen-bond donors (Lipinski definition) is 0. The predicted octanol–water partition coefficient (Wildman–Crippen LogP) is 4.94. The maximum Gasteiger partial charge on any atom is 0.112 e. The van der Waals surface area contributed by atoms with Gasteiger partial charge in [0.2, 0.25) is 0 Å². The Kier molecular flexibility index (Phi) is 6.27. The molecular weight excluding hydrogens is 294 g/mol. The van der Waals surface area contributed by atoms with Crippen LogP contribution in [-0.2, 0) is 6.54 Å². The molecule has 0 saturated carbocycles. The number of hydrogen-bond acceptors (Lipinski definition) is 2. The summed E-state index contributed by atoms with van der Waals surface area (Å²) in [6, 6.07) is 6.05. The Hall–Kier alpha value is -1.06. The molecule has 1 heterocycles. The van der Waals surface area contributed by atoms with Gasteiger partial charge in [0.15, 0.2) is 0 Å². The standard InChI is InChI=1S/C18H28ClN3/c1-5-14(4)18-20-16-13-15(19)9-10-17(16)22(18)12-8-11-21(6-2)7-3/h9-10,13-14H,5-8,11-12H2,1-4H3. The van der Waals surface area contributed by atoms with E-state index < -0.39 is 0 Å². The minimum atomic E-state index is 0.472. The molecule has 0 aliphatic rings. The Labute approximate surface area is 139 Å². The predicted molar refractivity (Wildman–Crippen MR) is 95.9 cm³/mol. The summed E-state index contributed by atoms with van der Waals surface area (Å²) in [6.07, 6.45) is 2.26. The lowest BCUT2D eigenvalue weighted by atomic mass is 10.1. The number of fused-ring (bicyclic) bond motifs is 1. The third kappa shape index (κ3) is 3.82. The average molecular weight is 322 g/mol. The summed E-state index contributed by atoms with van der Waals surface area (Å²) in [4.78, 5) is 7.32. The minimum Gasteiger partial charge on any atom is -0.328 e. The van der Waals surface area contributed by atoms with Crippen molar-refractivity contribution in [2.75, 3.05) is 19.6 Å². The zero-order chi connectivity index (χ0) is 16.1. The molecule has 22 heavy (non-hydrogen) atoms. The molecule has 0 bridgehead atoms. The van der Waals surface area contributed by atoms with E-state index in [4.69, 9.17) is 16.6 Å². The van der Waals surface area contributed by atoms with Crippen molar-refractivity contribution in [3.63, 3.8) is 0 Å². The molecule has 0 amide bonds. The summed E-state index contributed by atoms with van der Waals surface area (Å²) >= 11 is 6.12. The number of benzene rings is 1. The van der Waals surface area contributed by atoms with Crippen LogP contribution in [0.25, 0.3) is 11.0 Å².